The summed E-state index contributed by atoms with van der Waals surface area (Å²) in [4.78, 5) is 25.2. The monoisotopic (exact) mass is 280 g/mol. The fourth-order valence-electron chi connectivity index (χ4n) is 2.33. The molecule has 1 aromatic carbocycles. The van der Waals surface area contributed by atoms with Crippen molar-refractivity contribution in [3.63, 3.8) is 0 Å². The van der Waals surface area contributed by atoms with Crippen molar-refractivity contribution in [3.05, 3.63) is 30.1 Å². The molecule has 1 aliphatic rings. The number of methoxy groups -OCH3 is 1. The minimum Gasteiger partial charge on any atom is -0.469 e. The number of anilines is 1. The smallest absolute Gasteiger partial charge is 0.321 e. The van der Waals surface area contributed by atoms with E-state index in [1.54, 1.807) is 4.90 Å². The molecular weight excluding hydrogens is 263 g/mol. The lowest BCUT2D eigenvalue weighted by molar-refractivity contribution is -0.145. The van der Waals surface area contributed by atoms with Gasteiger partial charge in [-0.3, -0.25) is 4.79 Å². The van der Waals surface area contributed by atoms with Gasteiger partial charge in [-0.15, -0.1) is 0 Å². The standard InChI is InChI=1S/C14H17FN2O3/c1-9-7-17(8-12(9)13(18)20-2)14(19)16-11-5-3-10(15)4-6-11/h3-6,9,12H,7-8H2,1-2H3,(H,16,19). The molecule has 108 valence electrons. The van der Waals surface area contributed by atoms with Crippen LogP contribution in [0.3, 0.4) is 0 Å². The SMILES string of the molecule is COC(=O)C1CN(C(=O)Nc2ccc(F)cc2)CC1C. The number of rotatable bonds is 2. The number of halogens is 1. The van der Waals surface area contributed by atoms with Crippen LogP contribution in [0.15, 0.2) is 24.3 Å². The normalized spacial score (nSPS) is 21.6. The van der Waals surface area contributed by atoms with Crippen LogP contribution in [0.5, 0.6) is 0 Å². The van der Waals surface area contributed by atoms with Gasteiger partial charge in [0.05, 0.1) is 13.0 Å². The van der Waals surface area contributed by atoms with E-state index in [1.807, 2.05) is 6.92 Å². The lowest BCUT2D eigenvalue weighted by Gasteiger charge is -2.17. The summed E-state index contributed by atoms with van der Waals surface area (Å²) in [7, 11) is 1.34. The van der Waals surface area contributed by atoms with Crippen LogP contribution in [0.4, 0.5) is 14.9 Å². The zero-order valence-electron chi connectivity index (χ0n) is 11.4. The Morgan fingerprint density at radius 1 is 1.30 bits per heavy atom. The molecule has 0 aromatic heterocycles. The number of hydrogen-bond donors (Lipinski definition) is 1. The summed E-state index contributed by atoms with van der Waals surface area (Å²) in [5.41, 5.74) is 0.519. The molecule has 20 heavy (non-hydrogen) atoms. The molecule has 0 spiro atoms. The number of nitrogens with zero attached hydrogens (tertiary/aromatic N) is 1. The van der Waals surface area contributed by atoms with E-state index in [1.165, 1.54) is 31.4 Å². The lowest BCUT2D eigenvalue weighted by atomic mass is 9.99. The summed E-state index contributed by atoms with van der Waals surface area (Å²) in [5, 5.41) is 2.68. The average molecular weight is 280 g/mol. The third kappa shape index (κ3) is 3.07. The van der Waals surface area contributed by atoms with E-state index in [-0.39, 0.29) is 29.7 Å². The Hall–Kier alpha value is -2.11. The molecule has 2 atom stereocenters. The van der Waals surface area contributed by atoms with Crippen molar-refractivity contribution < 1.29 is 18.7 Å². The number of benzene rings is 1. The third-order valence-corrected chi connectivity index (χ3v) is 3.50. The summed E-state index contributed by atoms with van der Waals surface area (Å²) in [6.07, 6.45) is 0. The third-order valence-electron chi connectivity index (χ3n) is 3.50. The molecule has 2 unspecified atom stereocenters. The molecule has 0 radical (unpaired) electrons. The molecule has 2 rings (SSSR count). The number of carbonyl (C=O) groups excluding carboxylic acids is 2. The first-order valence-corrected chi connectivity index (χ1v) is 6.40. The van der Waals surface area contributed by atoms with Gasteiger partial charge in [0.15, 0.2) is 0 Å². The van der Waals surface area contributed by atoms with E-state index in [4.69, 9.17) is 4.74 Å². The van der Waals surface area contributed by atoms with E-state index in [0.717, 1.165) is 0 Å². The number of esters is 1. The predicted octanol–water partition coefficient (Wildman–Crippen LogP) is 2.10. The highest BCUT2D eigenvalue weighted by atomic mass is 19.1. The predicted molar refractivity (Wildman–Crippen MR) is 71.7 cm³/mol. The van der Waals surface area contributed by atoms with Gasteiger partial charge in [-0.05, 0) is 30.2 Å². The molecule has 6 heteroatoms. The molecule has 1 saturated heterocycles. The van der Waals surface area contributed by atoms with Gasteiger partial charge in [0.25, 0.3) is 0 Å². The van der Waals surface area contributed by atoms with Crippen molar-refractivity contribution in [2.75, 3.05) is 25.5 Å². The van der Waals surface area contributed by atoms with Crippen molar-refractivity contribution in [3.8, 4) is 0 Å². The molecule has 1 aromatic rings. The summed E-state index contributed by atoms with van der Waals surface area (Å²) in [6.45, 7) is 2.74. The van der Waals surface area contributed by atoms with Crippen LogP contribution in [0.25, 0.3) is 0 Å². The second-order valence-electron chi connectivity index (χ2n) is 4.95. The van der Waals surface area contributed by atoms with Crippen LogP contribution in [0, 0.1) is 17.7 Å². The van der Waals surface area contributed by atoms with Crippen molar-refractivity contribution in [1.82, 2.24) is 4.90 Å². The summed E-state index contributed by atoms with van der Waals surface area (Å²) in [5.74, 6) is -0.890. The molecular formula is C14H17FN2O3. The molecule has 1 N–H and O–H groups in total. The maximum absolute atomic E-state index is 12.8. The first-order chi connectivity index (χ1) is 9.51. The highest BCUT2D eigenvalue weighted by Crippen LogP contribution is 2.24. The van der Waals surface area contributed by atoms with Gasteiger partial charge in [-0.1, -0.05) is 6.92 Å². The second kappa shape index (κ2) is 5.90. The van der Waals surface area contributed by atoms with E-state index >= 15 is 0 Å². The van der Waals surface area contributed by atoms with Gasteiger partial charge in [0.2, 0.25) is 0 Å². The maximum Gasteiger partial charge on any atom is 0.321 e. The highest BCUT2D eigenvalue weighted by molar-refractivity contribution is 5.90. The first kappa shape index (κ1) is 14.3. The molecule has 0 bridgehead atoms. The second-order valence-corrected chi connectivity index (χ2v) is 4.95. The van der Waals surface area contributed by atoms with E-state index in [2.05, 4.69) is 5.32 Å². The minimum atomic E-state index is -0.358. The fourth-order valence-corrected chi connectivity index (χ4v) is 2.33. The minimum absolute atomic E-state index is 0.0569. The highest BCUT2D eigenvalue weighted by Gasteiger charge is 2.37. The van der Waals surface area contributed by atoms with Crippen LogP contribution in [0.2, 0.25) is 0 Å². The Bertz CT molecular complexity index is 504. The van der Waals surface area contributed by atoms with Gasteiger partial charge in [0, 0.05) is 18.8 Å². The van der Waals surface area contributed by atoms with Crippen molar-refractivity contribution in [1.29, 1.82) is 0 Å². The number of carbonyl (C=O) groups is 2. The van der Waals surface area contributed by atoms with Gasteiger partial charge in [-0.25, -0.2) is 9.18 Å². The number of hydrogen-bond acceptors (Lipinski definition) is 3. The molecule has 0 saturated carbocycles. The van der Waals surface area contributed by atoms with Crippen LogP contribution in [-0.4, -0.2) is 37.1 Å². The van der Waals surface area contributed by atoms with Crippen LogP contribution in [-0.2, 0) is 9.53 Å². The Kier molecular flexibility index (Phi) is 4.22. The van der Waals surface area contributed by atoms with E-state index < -0.39 is 0 Å². The first-order valence-electron chi connectivity index (χ1n) is 6.40. The van der Waals surface area contributed by atoms with Crippen LogP contribution in [0.1, 0.15) is 6.92 Å². The van der Waals surface area contributed by atoms with Crippen molar-refractivity contribution in [2.24, 2.45) is 11.8 Å². The van der Waals surface area contributed by atoms with Gasteiger partial charge < -0.3 is 15.0 Å². The van der Waals surface area contributed by atoms with Crippen LogP contribution >= 0.6 is 0 Å². The Morgan fingerprint density at radius 3 is 2.55 bits per heavy atom. The number of likely N-dealkylation sites (tertiary alicyclic amines) is 1. The maximum atomic E-state index is 12.8. The summed E-state index contributed by atoms with van der Waals surface area (Å²) in [6, 6.07) is 5.24. The average Bonchev–Trinajstić information content (AvgIpc) is 2.82. The Balaban J connectivity index is 1.97. The topological polar surface area (TPSA) is 58.6 Å². The largest absolute Gasteiger partial charge is 0.469 e. The zero-order chi connectivity index (χ0) is 14.7. The Labute approximate surface area is 116 Å². The van der Waals surface area contributed by atoms with E-state index in [0.29, 0.717) is 18.8 Å². The van der Waals surface area contributed by atoms with Crippen LogP contribution < -0.4 is 5.32 Å². The summed E-state index contributed by atoms with van der Waals surface area (Å²) < 4.78 is 17.5. The molecule has 5 nitrogen and oxygen atoms in total. The molecule has 0 aliphatic carbocycles. The Morgan fingerprint density at radius 2 is 1.95 bits per heavy atom. The quantitative estimate of drug-likeness (QED) is 0.844. The number of amides is 2. The molecule has 1 fully saturated rings. The number of ether oxygens (including phenoxy) is 1. The van der Waals surface area contributed by atoms with E-state index in [9.17, 15) is 14.0 Å². The number of urea groups is 1. The fraction of sp³-hybridized carbons (Fsp3) is 0.429. The zero-order valence-corrected chi connectivity index (χ0v) is 11.4. The number of nitrogens with one attached hydrogen (secondary N) is 1. The lowest BCUT2D eigenvalue weighted by Crippen LogP contribution is -2.34. The molecule has 2 amide bonds. The van der Waals surface area contributed by atoms with Gasteiger partial charge >= 0.3 is 12.0 Å². The van der Waals surface area contributed by atoms with Crippen molar-refractivity contribution >= 4 is 17.7 Å². The summed E-state index contributed by atoms with van der Waals surface area (Å²) >= 11 is 0. The van der Waals surface area contributed by atoms with Gasteiger partial charge in [-0.2, -0.15) is 0 Å². The van der Waals surface area contributed by atoms with Gasteiger partial charge in [0.1, 0.15) is 5.82 Å². The molecule has 1 heterocycles. The molecule has 1 aliphatic heterocycles. The van der Waals surface area contributed by atoms with Crippen molar-refractivity contribution in [2.45, 2.75) is 6.92 Å².